The molecule has 0 bridgehead atoms. The van der Waals surface area contributed by atoms with Crippen LogP contribution in [-0.4, -0.2) is 58.5 Å². The lowest BCUT2D eigenvalue weighted by Gasteiger charge is -2.25. The minimum atomic E-state index is -1.01. The van der Waals surface area contributed by atoms with Gasteiger partial charge in [0, 0.05) is 13.7 Å². The first-order chi connectivity index (χ1) is 9.54. The quantitative estimate of drug-likeness (QED) is 0.853. The van der Waals surface area contributed by atoms with Gasteiger partial charge in [-0.15, -0.1) is 0 Å². The smallest absolute Gasteiger partial charge is 0.407 e. The minimum absolute atomic E-state index is 0.0671. The van der Waals surface area contributed by atoms with Gasteiger partial charge in [0.05, 0.1) is 12.1 Å². The van der Waals surface area contributed by atoms with Gasteiger partial charge in [0.25, 0.3) is 0 Å². The van der Waals surface area contributed by atoms with Crippen LogP contribution in [0.25, 0.3) is 0 Å². The van der Waals surface area contributed by atoms with Crippen molar-refractivity contribution in [2.24, 2.45) is 0 Å². The highest BCUT2D eigenvalue weighted by Gasteiger charge is 2.38. The van der Waals surface area contributed by atoms with Crippen LogP contribution in [0.3, 0.4) is 0 Å². The Morgan fingerprint density at radius 3 is 2.70 bits per heavy atom. The lowest BCUT2D eigenvalue weighted by molar-refractivity contribution is 0.0431. The van der Waals surface area contributed by atoms with Gasteiger partial charge in [-0.3, -0.25) is 4.90 Å². The molecule has 0 radical (unpaired) electrons. The van der Waals surface area contributed by atoms with Crippen molar-refractivity contribution < 1.29 is 19.4 Å². The highest BCUT2D eigenvalue weighted by Crippen LogP contribution is 2.30. The van der Waals surface area contributed by atoms with Gasteiger partial charge in [0.2, 0.25) is 0 Å². The Balaban J connectivity index is 2.09. The molecule has 1 aliphatic rings. The maximum Gasteiger partial charge on any atom is 0.407 e. The molecular weight excluding hydrogens is 309 g/mol. The molecule has 110 valence electrons. The van der Waals surface area contributed by atoms with E-state index in [1.807, 2.05) is 0 Å². The van der Waals surface area contributed by atoms with Crippen LogP contribution in [0.2, 0.25) is 10.3 Å². The number of halogens is 2. The number of hydrogen-bond acceptors (Lipinski definition) is 5. The summed E-state index contributed by atoms with van der Waals surface area (Å²) in [6, 6.07) is -0.426. The summed E-state index contributed by atoms with van der Waals surface area (Å²) >= 11 is 11.7. The number of amides is 1. The van der Waals surface area contributed by atoms with Crippen LogP contribution in [0.4, 0.5) is 4.79 Å². The second-order valence-corrected chi connectivity index (χ2v) is 4.92. The van der Waals surface area contributed by atoms with Crippen LogP contribution in [0.1, 0.15) is 6.42 Å². The van der Waals surface area contributed by atoms with E-state index < -0.39 is 12.1 Å². The molecule has 0 aliphatic carbocycles. The monoisotopic (exact) mass is 321 g/mol. The maximum absolute atomic E-state index is 11.2. The van der Waals surface area contributed by atoms with Gasteiger partial charge >= 0.3 is 6.09 Å². The van der Waals surface area contributed by atoms with Gasteiger partial charge in [-0.1, -0.05) is 23.2 Å². The Bertz CT molecular complexity index is 482. The van der Waals surface area contributed by atoms with E-state index in [4.69, 9.17) is 37.8 Å². The fourth-order valence-electron chi connectivity index (χ4n) is 2.16. The fourth-order valence-corrected chi connectivity index (χ4v) is 2.58. The maximum atomic E-state index is 11.2. The van der Waals surface area contributed by atoms with E-state index in [0.717, 1.165) is 0 Å². The van der Waals surface area contributed by atoms with E-state index in [1.165, 1.54) is 18.3 Å². The van der Waals surface area contributed by atoms with Gasteiger partial charge in [-0.05, 0) is 6.42 Å². The normalized spacial score (nSPS) is 22.1. The lowest BCUT2D eigenvalue weighted by atomic mass is 10.2. The third-order valence-electron chi connectivity index (χ3n) is 3.15. The predicted octanol–water partition coefficient (Wildman–Crippen LogP) is 1.93. The van der Waals surface area contributed by atoms with E-state index >= 15 is 0 Å². The summed E-state index contributed by atoms with van der Waals surface area (Å²) < 4.78 is 10.8. The van der Waals surface area contributed by atoms with Crippen molar-refractivity contribution in [2.45, 2.75) is 18.6 Å². The fraction of sp³-hybridized carbons (Fsp3) is 0.545. The van der Waals surface area contributed by atoms with Gasteiger partial charge < -0.3 is 14.6 Å². The summed E-state index contributed by atoms with van der Waals surface area (Å²) in [4.78, 5) is 20.0. The van der Waals surface area contributed by atoms with Crippen molar-refractivity contribution in [3.63, 3.8) is 0 Å². The van der Waals surface area contributed by atoms with Crippen molar-refractivity contribution in [1.29, 1.82) is 0 Å². The molecule has 1 N–H and O–H groups in total. The Hall–Kier alpha value is -1.31. The van der Waals surface area contributed by atoms with Crippen molar-refractivity contribution in [2.75, 3.05) is 20.3 Å². The molecule has 0 spiro atoms. The zero-order chi connectivity index (χ0) is 14.7. The Morgan fingerprint density at radius 2 is 2.15 bits per heavy atom. The Labute approximate surface area is 125 Å². The second kappa shape index (κ2) is 6.43. The molecule has 2 rings (SSSR count). The number of rotatable bonds is 4. The van der Waals surface area contributed by atoms with Crippen LogP contribution in [0.5, 0.6) is 5.75 Å². The summed E-state index contributed by atoms with van der Waals surface area (Å²) in [7, 11) is 1.54. The van der Waals surface area contributed by atoms with E-state index in [1.54, 1.807) is 0 Å². The molecule has 1 fully saturated rings. The van der Waals surface area contributed by atoms with Crippen molar-refractivity contribution >= 4 is 29.3 Å². The molecule has 1 amide bonds. The number of methoxy groups -OCH3 is 1. The molecule has 20 heavy (non-hydrogen) atoms. The van der Waals surface area contributed by atoms with Crippen LogP contribution < -0.4 is 4.74 Å². The number of hydrogen-bond donors (Lipinski definition) is 1. The van der Waals surface area contributed by atoms with E-state index in [2.05, 4.69) is 9.97 Å². The highest BCUT2D eigenvalue weighted by atomic mass is 35.5. The largest absolute Gasteiger partial charge is 0.485 e. The molecule has 1 aliphatic heterocycles. The average Bonchev–Trinajstić information content (AvgIpc) is 2.81. The molecule has 0 saturated carbocycles. The first-order valence-corrected chi connectivity index (χ1v) is 6.61. The summed E-state index contributed by atoms with van der Waals surface area (Å²) in [5.74, 6) is 0.142. The number of likely N-dealkylation sites (tertiary alicyclic amines) is 1. The van der Waals surface area contributed by atoms with Gasteiger partial charge in [0.15, 0.2) is 16.1 Å². The van der Waals surface area contributed by atoms with Gasteiger partial charge in [0.1, 0.15) is 12.9 Å². The van der Waals surface area contributed by atoms with E-state index in [-0.39, 0.29) is 28.8 Å². The average molecular weight is 322 g/mol. The molecule has 7 nitrogen and oxygen atoms in total. The van der Waals surface area contributed by atoms with Crippen molar-refractivity contribution in [3.05, 3.63) is 16.6 Å². The van der Waals surface area contributed by atoms with Crippen molar-refractivity contribution in [3.8, 4) is 5.75 Å². The van der Waals surface area contributed by atoms with Crippen LogP contribution >= 0.6 is 23.2 Å². The van der Waals surface area contributed by atoms with Crippen LogP contribution in [-0.2, 0) is 4.74 Å². The Kier molecular flexibility index (Phi) is 4.85. The molecular formula is C11H13Cl2N3O4. The molecule has 2 atom stereocenters. The number of carbonyl (C=O) groups is 1. The first-order valence-electron chi connectivity index (χ1n) is 5.85. The lowest BCUT2D eigenvalue weighted by Crippen LogP contribution is -2.43. The molecule has 0 aromatic carbocycles. The minimum Gasteiger partial charge on any atom is -0.485 e. The number of aromatic nitrogens is 2. The molecule has 2 heterocycles. The molecule has 1 aromatic rings. The first kappa shape index (κ1) is 15.1. The summed E-state index contributed by atoms with van der Waals surface area (Å²) in [6.45, 7) is 0.465. The zero-order valence-electron chi connectivity index (χ0n) is 10.6. The zero-order valence-corrected chi connectivity index (χ0v) is 12.1. The van der Waals surface area contributed by atoms with Crippen molar-refractivity contribution in [1.82, 2.24) is 14.9 Å². The SMILES string of the molecule is COC1CCN(C(=O)O)C1COc1c(Cl)ncnc1Cl. The number of nitrogens with zero attached hydrogens (tertiary/aromatic N) is 3. The third-order valence-corrected chi connectivity index (χ3v) is 3.69. The van der Waals surface area contributed by atoms with E-state index in [9.17, 15) is 4.79 Å². The predicted molar refractivity (Wildman–Crippen MR) is 71.5 cm³/mol. The number of ether oxygens (including phenoxy) is 2. The van der Waals surface area contributed by atoms with Gasteiger partial charge in [-0.2, -0.15) is 0 Å². The van der Waals surface area contributed by atoms with Crippen LogP contribution in [0, 0.1) is 0 Å². The van der Waals surface area contributed by atoms with Crippen LogP contribution in [0.15, 0.2) is 6.33 Å². The highest BCUT2D eigenvalue weighted by molar-refractivity contribution is 6.35. The van der Waals surface area contributed by atoms with E-state index in [0.29, 0.717) is 13.0 Å². The standard InChI is InChI=1S/C11H13Cl2N3O4/c1-19-7-2-3-16(11(17)18)6(7)4-20-8-9(12)14-5-15-10(8)13/h5-7H,2-4H2,1H3,(H,17,18). The summed E-state index contributed by atoms with van der Waals surface area (Å²) in [5, 5.41) is 9.31. The van der Waals surface area contributed by atoms with Gasteiger partial charge in [-0.25, -0.2) is 14.8 Å². The molecule has 1 aromatic heterocycles. The number of carboxylic acid groups (broad SMARTS) is 1. The topological polar surface area (TPSA) is 84.8 Å². The molecule has 2 unspecified atom stereocenters. The third kappa shape index (κ3) is 3.05. The summed E-state index contributed by atoms with van der Waals surface area (Å²) in [5.41, 5.74) is 0. The summed E-state index contributed by atoms with van der Waals surface area (Å²) in [6.07, 6.45) is 0.589. The molecule has 1 saturated heterocycles. The molecule has 9 heteroatoms. The second-order valence-electron chi connectivity index (χ2n) is 4.20. The Morgan fingerprint density at radius 1 is 1.50 bits per heavy atom.